The first kappa shape index (κ1) is 14.8. The molecule has 2 unspecified atom stereocenters. The average Bonchev–Trinajstić information content (AvgIpc) is 2.83. The Labute approximate surface area is 119 Å². The summed E-state index contributed by atoms with van der Waals surface area (Å²) in [7, 11) is 0. The van der Waals surface area contributed by atoms with Crippen LogP contribution in [0.3, 0.4) is 0 Å². The smallest absolute Gasteiger partial charge is 0.251 e. The van der Waals surface area contributed by atoms with E-state index in [0.29, 0.717) is 23.5 Å². The van der Waals surface area contributed by atoms with Gasteiger partial charge in [0.05, 0.1) is 4.99 Å². The maximum absolute atomic E-state index is 13.1. The minimum Gasteiger partial charge on any atom is -0.393 e. The van der Waals surface area contributed by atoms with Gasteiger partial charge in [0.25, 0.3) is 5.91 Å². The third-order valence-electron chi connectivity index (χ3n) is 3.44. The van der Waals surface area contributed by atoms with E-state index in [1.54, 1.807) is 0 Å². The number of nitrogens with one attached hydrogen (secondary N) is 1. The maximum atomic E-state index is 13.1. The van der Waals surface area contributed by atoms with Crippen LogP contribution >= 0.6 is 12.2 Å². The zero-order chi connectivity index (χ0) is 14.9. The predicted molar refractivity (Wildman–Crippen MR) is 71.7 cm³/mol. The van der Waals surface area contributed by atoms with Crippen LogP contribution in [0.25, 0.3) is 0 Å². The Morgan fingerprint density at radius 1 is 1.25 bits per heavy atom. The van der Waals surface area contributed by atoms with E-state index in [9.17, 15) is 18.0 Å². The van der Waals surface area contributed by atoms with Crippen LogP contribution in [0.2, 0.25) is 0 Å². The fourth-order valence-electron chi connectivity index (χ4n) is 2.41. The SMILES string of the molecule is NC(=S)C1CCCC1NC(=O)c1cc(F)c(F)c(F)c1. The van der Waals surface area contributed by atoms with Gasteiger partial charge in [0.2, 0.25) is 0 Å². The lowest BCUT2D eigenvalue weighted by Crippen LogP contribution is -2.41. The summed E-state index contributed by atoms with van der Waals surface area (Å²) in [6.45, 7) is 0. The van der Waals surface area contributed by atoms with Gasteiger partial charge in [-0.2, -0.15) is 0 Å². The van der Waals surface area contributed by atoms with E-state index >= 15 is 0 Å². The molecule has 2 atom stereocenters. The third kappa shape index (κ3) is 2.92. The number of carbonyl (C=O) groups excluding carboxylic acids is 1. The highest BCUT2D eigenvalue weighted by molar-refractivity contribution is 7.80. The van der Waals surface area contributed by atoms with Crippen molar-refractivity contribution in [3.63, 3.8) is 0 Å². The molecule has 108 valence electrons. The number of halogens is 3. The molecule has 3 N–H and O–H groups in total. The van der Waals surface area contributed by atoms with Crippen LogP contribution in [0.1, 0.15) is 29.6 Å². The summed E-state index contributed by atoms with van der Waals surface area (Å²) in [5, 5.41) is 2.64. The molecule has 0 aliphatic heterocycles. The average molecular weight is 302 g/mol. The Kier molecular flexibility index (Phi) is 4.27. The summed E-state index contributed by atoms with van der Waals surface area (Å²) in [4.78, 5) is 12.2. The van der Waals surface area contributed by atoms with Gasteiger partial charge in [0, 0.05) is 17.5 Å². The minimum absolute atomic E-state index is 0.121. The van der Waals surface area contributed by atoms with E-state index in [2.05, 4.69) is 5.32 Å². The summed E-state index contributed by atoms with van der Waals surface area (Å²) >= 11 is 4.92. The number of hydrogen-bond donors (Lipinski definition) is 2. The van der Waals surface area contributed by atoms with Crippen LogP contribution in [0.5, 0.6) is 0 Å². The summed E-state index contributed by atoms with van der Waals surface area (Å²) < 4.78 is 39.0. The zero-order valence-corrected chi connectivity index (χ0v) is 11.3. The molecule has 1 aromatic rings. The predicted octanol–water partition coefficient (Wildman–Crippen LogP) is 2.29. The molecule has 3 nitrogen and oxygen atoms in total. The molecule has 1 saturated carbocycles. The van der Waals surface area contributed by atoms with Crippen molar-refractivity contribution in [1.29, 1.82) is 0 Å². The van der Waals surface area contributed by atoms with Gasteiger partial charge in [0.1, 0.15) is 0 Å². The first-order valence-corrected chi connectivity index (χ1v) is 6.55. The third-order valence-corrected chi connectivity index (χ3v) is 3.75. The highest BCUT2D eigenvalue weighted by Gasteiger charge is 2.31. The van der Waals surface area contributed by atoms with E-state index in [-0.39, 0.29) is 17.5 Å². The molecule has 2 rings (SSSR count). The van der Waals surface area contributed by atoms with Crippen LogP contribution < -0.4 is 11.1 Å². The fraction of sp³-hybridized carbons (Fsp3) is 0.385. The molecule has 7 heteroatoms. The Balaban J connectivity index is 2.14. The first-order chi connectivity index (χ1) is 9.40. The van der Waals surface area contributed by atoms with E-state index in [4.69, 9.17) is 18.0 Å². The number of nitrogens with two attached hydrogens (primary N) is 1. The number of rotatable bonds is 3. The molecule has 0 bridgehead atoms. The molecule has 0 spiro atoms. The van der Waals surface area contributed by atoms with Gasteiger partial charge >= 0.3 is 0 Å². The van der Waals surface area contributed by atoms with Crippen LogP contribution in [-0.4, -0.2) is 16.9 Å². The van der Waals surface area contributed by atoms with Crippen molar-refractivity contribution >= 4 is 23.1 Å². The van der Waals surface area contributed by atoms with Crippen LogP contribution in [-0.2, 0) is 0 Å². The van der Waals surface area contributed by atoms with Crippen molar-refractivity contribution in [3.8, 4) is 0 Å². The van der Waals surface area contributed by atoms with Crippen molar-refractivity contribution in [1.82, 2.24) is 5.32 Å². The van der Waals surface area contributed by atoms with Crippen molar-refractivity contribution < 1.29 is 18.0 Å². The molecule has 1 fully saturated rings. The Bertz CT molecular complexity index is 542. The molecule has 1 aromatic carbocycles. The van der Waals surface area contributed by atoms with Crippen molar-refractivity contribution in [2.45, 2.75) is 25.3 Å². The van der Waals surface area contributed by atoms with Crippen LogP contribution in [0, 0.1) is 23.4 Å². The normalized spacial score (nSPS) is 21.8. The van der Waals surface area contributed by atoms with E-state index < -0.39 is 23.4 Å². The zero-order valence-electron chi connectivity index (χ0n) is 10.5. The summed E-state index contributed by atoms with van der Waals surface area (Å²) in [6, 6.07) is 1.08. The second-order valence-electron chi connectivity index (χ2n) is 4.77. The van der Waals surface area contributed by atoms with Crippen molar-refractivity contribution in [2.75, 3.05) is 0 Å². The molecule has 1 aliphatic rings. The molecular formula is C13H13F3N2OS. The Hall–Kier alpha value is -1.63. The Morgan fingerprint density at radius 2 is 1.85 bits per heavy atom. The lowest BCUT2D eigenvalue weighted by atomic mass is 10.0. The van der Waals surface area contributed by atoms with Gasteiger partial charge in [-0.25, -0.2) is 13.2 Å². The molecule has 1 aliphatic carbocycles. The highest BCUT2D eigenvalue weighted by atomic mass is 32.1. The van der Waals surface area contributed by atoms with Gasteiger partial charge in [-0.3, -0.25) is 4.79 Å². The van der Waals surface area contributed by atoms with Gasteiger partial charge in [-0.1, -0.05) is 18.6 Å². The number of thiocarbonyl (C=S) groups is 1. The number of amides is 1. The minimum atomic E-state index is -1.59. The second kappa shape index (κ2) is 5.78. The molecule has 0 radical (unpaired) electrons. The molecule has 1 amide bonds. The van der Waals surface area contributed by atoms with E-state index in [0.717, 1.165) is 12.8 Å². The number of hydrogen-bond acceptors (Lipinski definition) is 2. The topological polar surface area (TPSA) is 55.1 Å². The lowest BCUT2D eigenvalue weighted by molar-refractivity contribution is 0.0932. The summed E-state index contributed by atoms with van der Waals surface area (Å²) in [5.74, 6) is -5.18. The van der Waals surface area contributed by atoms with E-state index in [1.165, 1.54) is 0 Å². The largest absolute Gasteiger partial charge is 0.393 e. The Morgan fingerprint density at radius 3 is 2.40 bits per heavy atom. The van der Waals surface area contributed by atoms with Gasteiger partial charge in [-0.15, -0.1) is 0 Å². The van der Waals surface area contributed by atoms with Gasteiger partial charge in [0.15, 0.2) is 17.5 Å². The van der Waals surface area contributed by atoms with E-state index in [1.807, 2.05) is 0 Å². The van der Waals surface area contributed by atoms with Crippen LogP contribution in [0.15, 0.2) is 12.1 Å². The molecule has 0 heterocycles. The second-order valence-corrected chi connectivity index (χ2v) is 5.24. The first-order valence-electron chi connectivity index (χ1n) is 6.15. The van der Waals surface area contributed by atoms with Gasteiger partial charge < -0.3 is 11.1 Å². The monoisotopic (exact) mass is 302 g/mol. The highest BCUT2D eigenvalue weighted by Crippen LogP contribution is 2.26. The summed E-state index contributed by atoms with van der Waals surface area (Å²) in [5.41, 5.74) is 5.31. The standard InChI is InChI=1S/C13H13F3N2OS/c14-8-4-6(5-9(15)11(8)16)13(19)18-10-3-1-2-7(10)12(17)20/h4-5,7,10H,1-3H2,(H2,17,20)(H,18,19). The lowest BCUT2D eigenvalue weighted by Gasteiger charge is -2.20. The molecule has 0 saturated heterocycles. The molecular weight excluding hydrogens is 289 g/mol. The van der Waals surface area contributed by atoms with Crippen molar-refractivity contribution in [2.24, 2.45) is 11.7 Å². The maximum Gasteiger partial charge on any atom is 0.251 e. The number of benzene rings is 1. The van der Waals surface area contributed by atoms with Crippen molar-refractivity contribution in [3.05, 3.63) is 35.1 Å². The van der Waals surface area contributed by atoms with Gasteiger partial charge in [-0.05, 0) is 25.0 Å². The quantitative estimate of drug-likeness (QED) is 0.665. The number of carbonyl (C=O) groups is 1. The summed E-state index contributed by atoms with van der Waals surface area (Å²) in [6.07, 6.45) is 2.32. The molecule has 0 aromatic heterocycles. The fourth-order valence-corrected chi connectivity index (χ4v) is 2.69. The molecule has 20 heavy (non-hydrogen) atoms. The van der Waals surface area contributed by atoms with Crippen LogP contribution in [0.4, 0.5) is 13.2 Å².